The zero-order chi connectivity index (χ0) is 8.53. The Balaban J connectivity index is 3.33. The summed E-state index contributed by atoms with van der Waals surface area (Å²) in [4.78, 5) is 0. The van der Waals surface area contributed by atoms with Crippen molar-refractivity contribution < 1.29 is 0 Å². The summed E-state index contributed by atoms with van der Waals surface area (Å²) in [7, 11) is 0. The maximum absolute atomic E-state index is 5.61. The molecule has 0 radical (unpaired) electrons. The number of rotatable bonds is 5. The number of halogens is 1. The molecule has 0 unspecified atom stereocenters. The third kappa shape index (κ3) is 7.67. The van der Waals surface area contributed by atoms with Crippen molar-refractivity contribution in [1.29, 1.82) is 0 Å². The zero-order valence-electron chi connectivity index (χ0n) is 7.44. The van der Waals surface area contributed by atoms with Gasteiger partial charge in [-0.05, 0) is 26.2 Å². The van der Waals surface area contributed by atoms with E-state index >= 15 is 0 Å². The second-order valence-electron chi connectivity index (χ2n) is 2.64. The Hall–Kier alpha value is -0.230. The van der Waals surface area contributed by atoms with Crippen LogP contribution in [0.2, 0.25) is 0 Å². The summed E-state index contributed by atoms with van der Waals surface area (Å²) in [6.07, 6.45) is 10.0. The first-order valence-corrected chi connectivity index (χ1v) is 4.71. The molecule has 0 aliphatic carbocycles. The van der Waals surface area contributed by atoms with E-state index in [-0.39, 0.29) is 0 Å². The minimum Gasteiger partial charge on any atom is -0.122 e. The van der Waals surface area contributed by atoms with Crippen LogP contribution in [0.1, 0.15) is 33.1 Å². The highest BCUT2D eigenvalue weighted by Gasteiger charge is 1.83. The Morgan fingerprint density at radius 3 is 2.55 bits per heavy atom. The van der Waals surface area contributed by atoms with E-state index in [1.54, 1.807) is 0 Å². The molecule has 0 saturated carbocycles. The second-order valence-corrected chi connectivity index (χ2v) is 2.91. The molecule has 0 atom stereocenters. The Labute approximate surface area is 74.9 Å². The molecule has 0 nitrogen and oxygen atoms in total. The van der Waals surface area contributed by atoms with E-state index in [0.29, 0.717) is 5.88 Å². The fourth-order valence-corrected chi connectivity index (χ4v) is 0.874. The SMILES string of the molecule is CC/C=C/CC/C=C(\C)CCl. The Morgan fingerprint density at radius 1 is 1.27 bits per heavy atom. The second kappa shape index (κ2) is 7.87. The van der Waals surface area contributed by atoms with Crippen LogP contribution in [-0.4, -0.2) is 5.88 Å². The maximum atomic E-state index is 5.61. The smallest absolute Gasteiger partial charge is 0.0430 e. The van der Waals surface area contributed by atoms with Gasteiger partial charge in [0.05, 0.1) is 0 Å². The van der Waals surface area contributed by atoms with Gasteiger partial charge in [-0.2, -0.15) is 0 Å². The zero-order valence-corrected chi connectivity index (χ0v) is 8.19. The highest BCUT2D eigenvalue weighted by Crippen LogP contribution is 2.01. The summed E-state index contributed by atoms with van der Waals surface area (Å²) >= 11 is 5.61. The van der Waals surface area contributed by atoms with E-state index in [1.165, 1.54) is 5.57 Å². The minimum absolute atomic E-state index is 0.664. The predicted octanol–water partition coefficient (Wildman–Crippen LogP) is 3.92. The fourth-order valence-electron chi connectivity index (χ4n) is 0.765. The Kier molecular flexibility index (Phi) is 7.71. The first-order valence-electron chi connectivity index (χ1n) is 4.17. The lowest BCUT2D eigenvalue weighted by Gasteiger charge is -1.91. The Morgan fingerprint density at radius 2 is 2.00 bits per heavy atom. The first-order chi connectivity index (χ1) is 5.31. The van der Waals surface area contributed by atoms with Gasteiger partial charge in [-0.25, -0.2) is 0 Å². The summed E-state index contributed by atoms with van der Waals surface area (Å²) in [6, 6.07) is 0. The molecule has 0 bridgehead atoms. The van der Waals surface area contributed by atoms with E-state index in [1.807, 2.05) is 0 Å². The lowest BCUT2D eigenvalue weighted by molar-refractivity contribution is 1.02. The van der Waals surface area contributed by atoms with Gasteiger partial charge in [0.15, 0.2) is 0 Å². The van der Waals surface area contributed by atoms with Crippen LogP contribution in [0, 0.1) is 0 Å². The van der Waals surface area contributed by atoms with Crippen LogP contribution in [0.3, 0.4) is 0 Å². The van der Waals surface area contributed by atoms with Crippen molar-refractivity contribution in [2.45, 2.75) is 33.1 Å². The van der Waals surface area contributed by atoms with Gasteiger partial charge in [-0.3, -0.25) is 0 Å². The Bertz CT molecular complexity index is 134. The molecule has 0 aliphatic rings. The summed E-state index contributed by atoms with van der Waals surface area (Å²) in [5.74, 6) is 0.664. The number of hydrogen-bond acceptors (Lipinski definition) is 0. The molecule has 0 aromatic rings. The molecule has 64 valence electrons. The molecule has 0 amide bonds. The van der Waals surface area contributed by atoms with Crippen LogP contribution in [0.5, 0.6) is 0 Å². The van der Waals surface area contributed by atoms with Crippen LogP contribution in [0.4, 0.5) is 0 Å². The summed E-state index contributed by atoms with van der Waals surface area (Å²) in [5.41, 5.74) is 1.27. The summed E-state index contributed by atoms with van der Waals surface area (Å²) in [6.45, 7) is 4.22. The summed E-state index contributed by atoms with van der Waals surface area (Å²) in [5, 5.41) is 0. The number of allylic oxidation sites excluding steroid dienone is 4. The molecular weight excluding hydrogens is 156 g/mol. The van der Waals surface area contributed by atoms with Gasteiger partial charge >= 0.3 is 0 Å². The molecule has 0 heterocycles. The third-order valence-electron chi connectivity index (χ3n) is 1.44. The van der Waals surface area contributed by atoms with Gasteiger partial charge in [0.25, 0.3) is 0 Å². The summed E-state index contributed by atoms with van der Waals surface area (Å²) < 4.78 is 0. The van der Waals surface area contributed by atoms with Crippen molar-refractivity contribution >= 4 is 11.6 Å². The van der Waals surface area contributed by atoms with Crippen molar-refractivity contribution in [2.75, 3.05) is 5.88 Å². The van der Waals surface area contributed by atoms with Gasteiger partial charge in [0.2, 0.25) is 0 Å². The van der Waals surface area contributed by atoms with Gasteiger partial charge in [-0.15, -0.1) is 11.6 Å². The molecule has 0 spiro atoms. The highest BCUT2D eigenvalue weighted by atomic mass is 35.5. The van der Waals surface area contributed by atoms with Gasteiger partial charge < -0.3 is 0 Å². The topological polar surface area (TPSA) is 0 Å². The molecular formula is C10H17Cl. The van der Waals surface area contributed by atoms with Crippen LogP contribution < -0.4 is 0 Å². The van der Waals surface area contributed by atoms with Gasteiger partial charge in [0, 0.05) is 5.88 Å². The lowest BCUT2D eigenvalue weighted by atomic mass is 10.2. The van der Waals surface area contributed by atoms with E-state index in [4.69, 9.17) is 11.6 Å². The first kappa shape index (κ1) is 10.8. The average molecular weight is 173 g/mol. The maximum Gasteiger partial charge on any atom is 0.0430 e. The standard InChI is InChI=1S/C10H17Cl/c1-3-4-5-6-7-8-10(2)9-11/h4-5,8H,3,6-7,9H2,1-2H3/b5-4+,10-8+. The third-order valence-corrected chi connectivity index (χ3v) is 1.86. The number of unbranched alkanes of at least 4 members (excludes halogenated alkanes) is 1. The molecule has 0 N–H and O–H groups in total. The predicted molar refractivity (Wildman–Crippen MR) is 53.1 cm³/mol. The molecule has 0 fully saturated rings. The van der Waals surface area contributed by atoms with Crippen molar-refractivity contribution in [3.8, 4) is 0 Å². The molecule has 0 rings (SSSR count). The fraction of sp³-hybridized carbons (Fsp3) is 0.600. The quantitative estimate of drug-likeness (QED) is 0.335. The van der Waals surface area contributed by atoms with Crippen molar-refractivity contribution in [3.63, 3.8) is 0 Å². The van der Waals surface area contributed by atoms with E-state index < -0.39 is 0 Å². The lowest BCUT2D eigenvalue weighted by Crippen LogP contribution is -1.75. The molecule has 0 aliphatic heterocycles. The van der Waals surface area contributed by atoms with Gasteiger partial charge in [0.1, 0.15) is 0 Å². The van der Waals surface area contributed by atoms with Crippen LogP contribution in [0.15, 0.2) is 23.8 Å². The molecule has 0 saturated heterocycles. The largest absolute Gasteiger partial charge is 0.122 e. The average Bonchev–Trinajstić information content (AvgIpc) is 2.04. The number of alkyl halides is 1. The molecule has 0 aromatic heterocycles. The van der Waals surface area contributed by atoms with Crippen molar-refractivity contribution in [2.24, 2.45) is 0 Å². The molecule has 1 heteroatoms. The normalized spacial score (nSPS) is 12.8. The van der Waals surface area contributed by atoms with Crippen LogP contribution >= 0.6 is 11.6 Å². The van der Waals surface area contributed by atoms with Crippen molar-refractivity contribution in [1.82, 2.24) is 0 Å². The minimum atomic E-state index is 0.664. The van der Waals surface area contributed by atoms with Crippen molar-refractivity contribution in [3.05, 3.63) is 23.8 Å². The number of hydrogen-bond donors (Lipinski definition) is 0. The van der Waals surface area contributed by atoms with E-state index in [0.717, 1.165) is 19.3 Å². The molecule has 0 aromatic carbocycles. The van der Waals surface area contributed by atoms with Gasteiger partial charge in [-0.1, -0.05) is 30.7 Å². The van der Waals surface area contributed by atoms with Crippen LogP contribution in [0.25, 0.3) is 0 Å². The van der Waals surface area contributed by atoms with Crippen LogP contribution in [-0.2, 0) is 0 Å². The highest BCUT2D eigenvalue weighted by molar-refractivity contribution is 6.19. The van der Waals surface area contributed by atoms with E-state index in [2.05, 4.69) is 32.1 Å². The molecule has 11 heavy (non-hydrogen) atoms. The van der Waals surface area contributed by atoms with E-state index in [9.17, 15) is 0 Å². The monoisotopic (exact) mass is 172 g/mol.